The summed E-state index contributed by atoms with van der Waals surface area (Å²) >= 11 is 6.10. The van der Waals surface area contributed by atoms with E-state index in [1.807, 2.05) is 6.07 Å². The molecule has 0 unspecified atom stereocenters. The first kappa shape index (κ1) is 14.2. The molecule has 0 radical (unpaired) electrons. The number of methoxy groups -OCH3 is 1. The molecule has 0 atom stereocenters. The van der Waals surface area contributed by atoms with Gasteiger partial charge in [0.2, 0.25) is 0 Å². The Morgan fingerprint density at radius 1 is 1.15 bits per heavy atom. The van der Waals surface area contributed by atoms with Crippen LogP contribution in [-0.4, -0.2) is 23.1 Å². The molecule has 2 rings (SSSR count). The van der Waals surface area contributed by atoms with E-state index < -0.39 is 0 Å². The van der Waals surface area contributed by atoms with Crippen molar-refractivity contribution in [1.82, 2.24) is 0 Å². The molecule has 0 bridgehead atoms. The van der Waals surface area contributed by atoms with Crippen LogP contribution in [0.2, 0.25) is 5.02 Å². The molecule has 104 valence electrons. The predicted molar refractivity (Wildman–Crippen MR) is 79.1 cm³/mol. The number of hydrogen-bond donors (Lipinski definition) is 2. The van der Waals surface area contributed by atoms with E-state index in [2.05, 4.69) is 5.16 Å². The van der Waals surface area contributed by atoms with Crippen molar-refractivity contribution in [1.29, 1.82) is 0 Å². The van der Waals surface area contributed by atoms with Gasteiger partial charge >= 0.3 is 0 Å². The molecule has 2 aromatic carbocycles. The highest BCUT2D eigenvalue weighted by Crippen LogP contribution is 2.32. The maximum atomic E-state index is 9.78. The fourth-order valence-corrected chi connectivity index (χ4v) is 2.16. The Kier molecular flexibility index (Phi) is 4.15. The number of oxime groups is 1. The summed E-state index contributed by atoms with van der Waals surface area (Å²) in [5.74, 6) is 0.658. The zero-order valence-electron chi connectivity index (χ0n) is 11.1. The number of phenolic OH excluding ortho intramolecular Hbond substituents is 1. The largest absolute Gasteiger partial charge is 0.507 e. The quantitative estimate of drug-likeness (QED) is 0.512. The van der Waals surface area contributed by atoms with E-state index in [0.717, 1.165) is 11.1 Å². The third kappa shape index (κ3) is 2.70. The van der Waals surface area contributed by atoms with Gasteiger partial charge in [0.1, 0.15) is 11.5 Å². The zero-order chi connectivity index (χ0) is 14.7. The molecule has 5 heteroatoms. The molecule has 0 saturated heterocycles. The van der Waals surface area contributed by atoms with Crippen LogP contribution in [0.4, 0.5) is 0 Å². The van der Waals surface area contributed by atoms with Crippen LogP contribution in [0.15, 0.2) is 41.6 Å². The smallest absolute Gasteiger partial charge is 0.137 e. The Hall–Kier alpha value is -2.20. The van der Waals surface area contributed by atoms with Gasteiger partial charge in [-0.3, -0.25) is 0 Å². The minimum absolute atomic E-state index is 0.0589. The number of hydrogen-bond acceptors (Lipinski definition) is 4. The Morgan fingerprint density at radius 2 is 1.80 bits per heavy atom. The molecule has 0 aromatic heterocycles. The van der Waals surface area contributed by atoms with Crippen LogP contribution in [0.1, 0.15) is 12.5 Å². The van der Waals surface area contributed by atoms with E-state index in [9.17, 15) is 5.11 Å². The molecule has 0 aliphatic heterocycles. The molecule has 0 aliphatic carbocycles. The molecule has 0 heterocycles. The van der Waals surface area contributed by atoms with Gasteiger partial charge in [-0.05, 0) is 42.3 Å². The summed E-state index contributed by atoms with van der Waals surface area (Å²) in [4.78, 5) is 0. The van der Waals surface area contributed by atoms with Crippen molar-refractivity contribution in [2.24, 2.45) is 5.16 Å². The topological polar surface area (TPSA) is 62.0 Å². The molecule has 0 saturated carbocycles. The Labute approximate surface area is 121 Å². The van der Waals surface area contributed by atoms with Gasteiger partial charge in [-0.25, -0.2) is 0 Å². The number of nitrogens with zero attached hydrogens (tertiary/aromatic N) is 1. The van der Waals surface area contributed by atoms with Gasteiger partial charge in [-0.1, -0.05) is 28.9 Å². The van der Waals surface area contributed by atoms with Crippen LogP contribution in [0.5, 0.6) is 11.5 Å². The van der Waals surface area contributed by atoms with Crippen molar-refractivity contribution in [3.63, 3.8) is 0 Å². The fraction of sp³-hybridized carbons (Fsp3) is 0.133. The number of phenols is 1. The first-order valence-electron chi connectivity index (χ1n) is 5.92. The van der Waals surface area contributed by atoms with Crippen LogP contribution >= 0.6 is 11.6 Å². The SMILES string of the molecule is COc1ccc(-c2ccc(O)c(/C(C)=N/O)c2)cc1Cl. The Balaban J connectivity index is 2.51. The van der Waals surface area contributed by atoms with Crippen molar-refractivity contribution in [3.05, 3.63) is 47.0 Å². The number of halogens is 1. The van der Waals surface area contributed by atoms with Crippen LogP contribution in [0, 0.1) is 0 Å². The second-order valence-electron chi connectivity index (χ2n) is 4.27. The van der Waals surface area contributed by atoms with Gasteiger partial charge in [0, 0.05) is 5.56 Å². The lowest BCUT2D eigenvalue weighted by molar-refractivity contribution is 0.318. The second kappa shape index (κ2) is 5.84. The number of aromatic hydroxyl groups is 1. The third-order valence-electron chi connectivity index (χ3n) is 3.02. The van der Waals surface area contributed by atoms with E-state index in [0.29, 0.717) is 22.0 Å². The summed E-state index contributed by atoms with van der Waals surface area (Å²) in [5.41, 5.74) is 2.54. The van der Waals surface area contributed by atoms with Gasteiger partial charge in [0.15, 0.2) is 0 Å². The Morgan fingerprint density at radius 3 is 2.40 bits per heavy atom. The highest BCUT2D eigenvalue weighted by molar-refractivity contribution is 6.32. The number of ether oxygens (including phenoxy) is 1. The van der Waals surface area contributed by atoms with Crippen LogP contribution in [-0.2, 0) is 0 Å². The van der Waals surface area contributed by atoms with E-state index in [1.165, 1.54) is 0 Å². The lowest BCUT2D eigenvalue weighted by Gasteiger charge is -2.09. The number of rotatable bonds is 3. The van der Waals surface area contributed by atoms with Crippen molar-refractivity contribution >= 4 is 17.3 Å². The molecule has 2 N–H and O–H groups in total. The number of benzene rings is 2. The maximum Gasteiger partial charge on any atom is 0.137 e. The highest BCUT2D eigenvalue weighted by Gasteiger charge is 2.09. The summed E-state index contributed by atoms with van der Waals surface area (Å²) < 4.78 is 5.11. The van der Waals surface area contributed by atoms with Gasteiger partial charge < -0.3 is 15.1 Å². The van der Waals surface area contributed by atoms with E-state index in [4.69, 9.17) is 21.5 Å². The Bertz CT molecular complexity index is 668. The van der Waals surface area contributed by atoms with Crippen molar-refractivity contribution in [3.8, 4) is 22.6 Å². The van der Waals surface area contributed by atoms with E-state index in [-0.39, 0.29) is 5.75 Å². The first-order chi connectivity index (χ1) is 9.56. The van der Waals surface area contributed by atoms with E-state index in [1.54, 1.807) is 44.4 Å². The molecule has 0 aliphatic rings. The van der Waals surface area contributed by atoms with Crippen molar-refractivity contribution in [2.75, 3.05) is 7.11 Å². The minimum atomic E-state index is 0.0589. The average Bonchev–Trinajstić information content (AvgIpc) is 2.47. The lowest BCUT2D eigenvalue weighted by atomic mass is 10.0. The summed E-state index contributed by atoms with van der Waals surface area (Å²) in [5, 5.41) is 22.2. The predicted octanol–water partition coefficient (Wildman–Crippen LogP) is 3.92. The maximum absolute atomic E-state index is 9.78. The van der Waals surface area contributed by atoms with Crippen LogP contribution in [0.25, 0.3) is 11.1 Å². The van der Waals surface area contributed by atoms with Crippen LogP contribution < -0.4 is 4.74 Å². The monoisotopic (exact) mass is 291 g/mol. The normalized spacial score (nSPS) is 11.4. The van der Waals surface area contributed by atoms with Gasteiger partial charge in [-0.15, -0.1) is 0 Å². The van der Waals surface area contributed by atoms with Gasteiger partial charge in [0.25, 0.3) is 0 Å². The second-order valence-corrected chi connectivity index (χ2v) is 4.67. The molecule has 0 fully saturated rings. The third-order valence-corrected chi connectivity index (χ3v) is 3.32. The average molecular weight is 292 g/mol. The molecule has 20 heavy (non-hydrogen) atoms. The summed E-state index contributed by atoms with van der Waals surface area (Å²) in [6, 6.07) is 10.5. The van der Waals surface area contributed by atoms with Crippen molar-refractivity contribution in [2.45, 2.75) is 6.92 Å². The fourth-order valence-electron chi connectivity index (χ4n) is 1.91. The minimum Gasteiger partial charge on any atom is -0.507 e. The molecule has 0 spiro atoms. The standard InChI is InChI=1S/C15H14ClNO3/c1-9(17-19)12-7-10(3-5-14(12)18)11-4-6-15(20-2)13(16)8-11/h3-8,18-19H,1-2H3/b17-9+. The molecular weight excluding hydrogens is 278 g/mol. The molecule has 0 amide bonds. The molecule has 2 aromatic rings. The van der Waals surface area contributed by atoms with Gasteiger partial charge in [-0.2, -0.15) is 0 Å². The van der Waals surface area contributed by atoms with E-state index >= 15 is 0 Å². The molecular formula is C15H14ClNO3. The summed E-state index contributed by atoms with van der Waals surface area (Å²) in [6.07, 6.45) is 0. The summed E-state index contributed by atoms with van der Waals surface area (Å²) in [7, 11) is 1.56. The van der Waals surface area contributed by atoms with Crippen LogP contribution in [0.3, 0.4) is 0 Å². The zero-order valence-corrected chi connectivity index (χ0v) is 11.8. The highest BCUT2D eigenvalue weighted by atomic mass is 35.5. The van der Waals surface area contributed by atoms with Gasteiger partial charge in [0.05, 0.1) is 17.8 Å². The molecule has 4 nitrogen and oxygen atoms in total. The van der Waals surface area contributed by atoms with Crippen molar-refractivity contribution < 1.29 is 15.1 Å². The lowest BCUT2D eigenvalue weighted by Crippen LogP contribution is -1.95. The first-order valence-corrected chi connectivity index (χ1v) is 6.30. The summed E-state index contributed by atoms with van der Waals surface area (Å²) in [6.45, 7) is 1.61.